The molecule has 0 heterocycles. The molecular formula is C11H23N3O2. The lowest BCUT2D eigenvalue weighted by molar-refractivity contribution is -0.123. The number of nitrogens with two attached hydrogens (primary N) is 1. The molecule has 1 atom stereocenters. The Hall–Kier alpha value is -1.26. The SMILES string of the molecule is CCC(CC)CNC(=O)C(CC)C(N)=NO. The van der Waals surface area contributed by atoms with Crippen LogP contribution in [-0.4, -0.2) is 23.5 Å². The molecule has 5 heteroatoms. The van der Waals surface area contributed by atoms with Crippen molar-refractivity contribution in [2.75, 3.05) is 6.54 Å². The van der Waals surface area contributed by atoms with E-state index in [1.807, 2.05) is 6.92 Å². The molecule has 0 aliphatic carbocycles. The number of carbonyl (C=O) groups excluding carboxylic acids is 1. The molecule has 0 saturated heterocycles. The minimum absolute atomic E-state index is 0.0236. The number of carbonyl (C=O) groups is 1. The van der Waals surface area contributed by atoms with Crippen LogP contribution >= 0.6 is 0 Å². The van der Waals surface area contributed by atoms with Crippen molar-refractivity contribution in [3.8, 4) is 0 Å². The lowest BCUT2D eigenvalue weighted by Gasteiger charge is -2.17. The maximum absolute atomic E-state index is 11.7. The van der Waals surface area contributed by atoms with Crippen LogP contribution in [0.5, 0.6) is 0 Å². The first kappa shape index (κ1) is 14.7. The number of amidine groups is 1. The number of amides is 1. The topological polar surface area (TPSA) is 87.7 Å². The lowest BCUT2D eigenvalue weighted by Crippen LogP contribution is -2.40. The van der Waals surface area contributed by atoms with E-state index in [0.717, 1.165) is 12.8 Å². The van der Waals surface area contributed by atoms with Gasteiger partial charge in [0.05, 0.1) is 5.92 Å². The summed E-state index contributed by atoms with van der Waals surface area (Å²) in [5.74, 6) is -0.220. The molecule has 0 aromatic rings. The monoisotopic (exact) mass is 229 g/mol. The number of nitrogens with zero attached hydrogens (tertiary/aromatic N) is 1. The summed E-state index contributed by atoms with van der Waals surface area (Å²) >= 11 is 0. The molecule has 5 nitrogen and oxygen atoms in total. The summed E-state index contributed by atoms with van der Waals surface area (Å²) in [7, 11) is 0. The van der Waals surface area contributed by atoms with Crippen LogP contribution in [0, 0.1) is 11.8 Å². The van der Waals surface area contributed by atoms with E-state index in [2.05, 4.69) is 24.3 Å². The van der Waals surface area contributed by atoms with Crippen LogP contribution in [0.2, 0.25) is 0 Å². The summed E-state index contributed by atoms with van der Waals surface area (Å²) in [6.45, 7) is 6.68. The van der Waals surface area contributed by atoms with Crippen LogP contribution in [0.3, 0.4) is 0 Å². The van der Waals surface area contributed by atoms with Gasteiger partial charge in [0.2, 0.25) is 5.91 Å². The lowest BCUT2D eigenvalue weighted by atomic mass is 10.0. The minimum atomic E-state index is -0.528. The Morgan fingerprint density at radius 3 is 2.25 bits per heavy atom. The second kappa shape index (κ2) is 7.96. The molecule has 1 unspecified atom stereocenters. The van der Waals surface area contributed by atoms with E-state index in [-0.39, 0.29) is 11.7 Å². The molecule has 0 rings (SSSR count). The van der Waals surface area contributed by atoms with Gasteiger partial charge >= 0.3 is 0 Å². The molecule has 0 aliphatic rings. The summed E-state index contributed by atoms with van der Waals surface area (Å²) in [6.07, 6.45) is 2.61. The molecule has 0 aromatic heterocycles. The third-order valence-electron chi connectivity index (χ3n) is 2.92. The molecular weight excluding hydrogens is 206 g/mol. The smallest absolute Gasteiger partial charge is 0.230 e. The predicted molar refractivity (Wildman–Crippen MR) is 64.3 cm³/mol. The Bertz CT molecular complexity index is 237. The fraction of sp³-hybridized carbons (Fsp3) is 0.818. The van der Waals surface area contributed by atoms with E-state index < -0.39 is 5.92 Å². The second-order valence-corrected chi connectivity index (χ2v) is 3.91. The molecule has 0 saturated carbocycles. The first-order valence-corrected chi connectivity index (χ1v) is 5.85. The maximum Gasteiger partial charge on any atom is 0.230 e. The van der Waals surface area contributed by atoms with E-state index in [1.54, 1.807) is 0 Å². The molecule has 4 N–H and O–H groups in total. The van der Waals surface area contributed by atoms with Gasteiger partial charge < -0.3 is 16.3 Å². The Morgan fingerprint density at radius 2 is 1.88 bits per heavy atom. The van der Waals surface area contributed by atoms with E-state index in [1.165, 1.54) is 0 Å². The number of nitrogens with one attached hydrogen (secondary N) is 1. The highest BCUT2D eigenvalue weighted by Crippen LogP contribution is 2.07. The first-order valence-electron chi connectivity index (χ1n) is 5.85. The molecule has 16 heavy (non-hydrogen) atoms. The van der Waals surface area contributed by atoms with E-state index in [0.29, 0.717) is 18.9 Å². The Kier molecular flexibility index (Phi) is 7.33. The number of rotatable bonds is 7. The zero-order valence-corrected chi connectivity index (χ0v) is 10.4. The first-order chi connectivity index (χ1) is 7.60. The average molecular weight is 229 g/mol. The quantitative estimate of drug-likeness (QED) is 0.266. The zero-order valence-electron chi connectivity index (χ0n) is 10.4. The Labute approximate surface area is 97.1 Å². The van der Waals surface area contributed by atoms with Gasteiger partial charge in [-0.3, -0.25) is 4.79 Å². The summed E-state index contributed by atoms with van der Waals surface area (Å²) in [6, 6.07) is 0. The van der Waals surface area contributed by atoms with Crippen LogP contribution in [0.25, 0.3) is 0 Å². The van der Waals surface area contributed by atoms with Crippen molar-refractivity contribution >= 4 is 11.7 Å². The van der Waals surface area contributed by atoms with Crippen molar-refractivity contribution in [3.05, 3.63) is 0 Å². The minimum Gasteiger partial charge on any atom is -0.409 e. The number of hydrogen-bond donors (Lipinski definition) is 3. The molecule has 0 aromatic carbocycles. The highest BCUT2D eigenvalue weighted by molar-refractivity contribution is 6.01. The van der Waals surface area contributed by atoms with Crippen LogP contribution in [0.1, 0.15) is 40.0 Å². The summed E-state index contributed by atoms with van der Waals surface area (Å²) in [4.78, 5) is 11.7. The van der Waals surface area contributed by atoms with Crippen LogP contribution in [0.4, 0.5) is 0 Å². The highest BCUT2D eigenvalue weighted by atomic mass is 16.4. The average Bonchev–Trinajstić information content (AvgIpc) is 2.31. The van der Waals surface area contributed by atoms with Gasteiger partial charge in [-0.05, 0) is 12.3 Å². The maximum atomic E-state index is 11.7. The van der Waals surface area contributed by atoms with Gasteiger partial charge in [0.25, 0.3) is 0 Å². The molecule has 1 amide bonds. The van der Waals surface area contributed by atoms with Gasteiger partial charge in [0.1, 0.15) is 0 Å². The van der Waals surface area contributed by atoms with Crippen LogP contribution < -0.4 is 11.1 Å². The standard InChI is InChI=1S/C11H23N3O2/c1-4-8(5-2)7-13-11(15)9(6-3)10(12)14-16/h8-9,16H,4-7H2,1-3H3,(H2,12,14)(H,13,15). The van der Waals surface area contributed by atoms with Gasteiger partial charge in [-0.1, -0.05) is 38.8 Å². The summed E-state index contributed by atoms with van der Waals surface area (Å²) < 4.78 is 0. The van der Waals surface area contributed by atoms with Crippen molar-refractivity contribution < 1.29 is 10.0 Å². The van der Waals surface area contributed by atoms with Crippen molar-refractivity contribution in [2.24, 2.45) is 22.7 Å². The third kappa shape index (κ3) is 4.51. The highest BCUT2D eigenvalue weighted by Gasteiger charge is 2.21. The molecule has 0 aliphatic heterocycles. The van der Waals surface area contributed by atoms with Gasteiger partial charge in [-0.25, -0.2) is 0 Å². The fourth-order valence-corrected chi connectivity index (χ4v) is 1.54. The molecule has 0 radical (unpaired) electrons. The summed E-state index contributed by atoms with van der Waals surface area (Å²) in [5, 5.41) is 14.3. The van der Waals surface area contributed by atoms with Crippen LogP contribution in [-0.2, 0) is 4.79 Å². The third-order valence-corrected chi connectivity index (χ3v) is 2.92. The summed E-state index contributed by atoms with van der Waals surface area (Å²) in [5.41, 5.74) is 5.44. The number of oxime groups is 1. The Balaban J connectivity index is 4.22. The second-order valence-electron chi connectivity index (χ2n) is 3.91. The van der Waals surface area contributed by atoms with E-state index in [9.17, 15) is 4.79 Å². The number of hydrogen-bond acceptors (Lipinski definition) is 3. The Morgan fingerprint density at radius 1 is 1.31 bits per heavy atom. The molecule has 0 fully saturated rings. The van der Waals surface area contributed by atoms with E-state index >= 15 is 0 Å². The zero-order chi connectivity index (χ0) is 12.6. The van der Waals surface area contributed by atoms with Crippen molar-refractivity contribution in [1.82, 2.24) is 5.32 Å². The van der Waals surface area contributed by atoms with E-state index in [4.69, 9.17) is 10.9 Å². The van der Waals surface area contributed by atoms with Crippen molar-refractivity contribution in [3.63, 3.8) is 0 Å². The molecule has 0 spiro atoms. The van der Waals surface area contributed by atoms with Gasteiger partial charge in [-0.2, -0.15) is 0 Å². The van der Waals surface area contributed by atoms with Crippen LogP contribution in [0.15, 0.2) is 5.16 Å². The largest absolute Gasteiger partial charge is 0.409 e. The fourth-order valence-electron chi connectivity index (χ4n) is 1.54. The predicted octanol–water partition coefficient (Wildman–Crippen LogP) is 1.31. The normalized spacial score (nSPS) is 13.9. The van der Waals surface area contributed by atoms with Gasteiger partial charge in [-0.15, -0.1) is 0 Å². The van der Waals surface area contributed by atoms with Crippen molar-refractivity contribution in [2.45, 2.75) is 40.0 Å². The van der Waals surface area contributed by atoms with Crippen molar-refractivity contribution in [1.29, 1.82) is 0 Å². The van der Waals surface area contributed by atoms with Gasteiger partial charge in [0, 0.05) is 6.54 Å². The molecule has 94 valence electrons. The van der Waals surface area contributed by atoms with Gasteiger partial charge in [0.15, 0.2) is 5.84 Å². The molecule has 0 bridgehead atoms.